The van der Waals surface area contributed by atoms with E-state index >= 15 is 0 Å². The highest BCUT2D eigenvalue weighted by Gasteiger charge is 2.19. The van der Waals surface area contributed by atoms with Crippen LogP contribution in [0.5, 0.6) is 0 Å². The molecule has 0 fully saturated rings. The summed E-state index contributed by atoms with van der Waals surface area (Å²) in [6, 6.07) is 8.23. The molecule has 0 radical (unpaired) electrons. The molecule has 0 aromatic heterocycles. The van der Waals surface area contributed by atoms with Gasteiger partial charge in [0, 0.05) is 18.6 Å². The van der Waals surface area contributed by atoms with Crippen molar-refractivity contribution in [3.63, 3.8) is 0 Å². The zero-order valence-corrected chi connectivity index (χ0v) is 11.5. The van der Waals surface area contributed by atoms with Crippen LogP contribution in [0.1, 0.15) is 37.8 Å². The third-order valence-corrected chi connectivity index (χ3v) is 2.98. The van der Waals surface area contributed by atoms with Gasteiger partial charge in [0.1, 0.15) is 0 Å². The first-order valence-electron chi connectivity index (χ1n) is 6.40. The Labute approximate surface area is 109 Å². The Kier molecular flexibility index (Phi) is 5.35. The van der Waals surface area contributed by atoms with Gasteiger partial charge in [-0.3, -0.25) is 4.79 Å². The molecular weight excluding hydrogens is 226 g/mol. The molecule has 0 bridgehead atoms. The van der Waals surface area contributed by atoms with E-state index in [4.69, 9.17) is 5.11 Å². The number of rotatable bonds is 6. The largest absolute Gasteiger partial charge is 0.396 e. The molecule has 0 heterocycles. The maximum absolute atomic E-state index is 11.8. The highest BCUT2D eigenvalue weighted by molar-refractivity contribution is 5.76. The van der Waals surface area contributed by atoms with E-state index in [1.807, 2.05) is 20.8 Å². The third kappa shape index (κ3) is 5.32. The van der Waals surface area contributed by atoms with E-state index in [2.05, 4.69) is 29.6 Å². The Morgan fingerprint density at radius 3 is 2.44 bits per heavy atom. The van der Waals surface area contributed by atoms with Gasteiger partial charge in [-0.15, -0.1) is 0 Å². The second-order valence-corrected chi connectivity index (χ2v) is 5.39. The summed E-state index contributed by atoms with van der Waals surface area (Å²) >= 11 is 0. The van der Waals surface area contributed by atoms with Crippen molar-refractivity contribution in [2.45, 2.75) is 45.6 Å². The number of aliphatic hydroxyl groups excluding tert-OH is 1. The summed E-state index contributed by atoms with van der Waals surface area (Å²) < 4.78 is 0. The molecule has 0 aliphatic heterocycles. The van der Waals surface area contributed by atoms with Crippen LogP contribution in [0.4, 0.5) is 0 Å². The van der Waals surface area contributed by atoms with Crippen molar-refractivity contribution in [1.29, 1.82) is 0 Å². The number of nitrogens with one attached hydrogen (secondary N) is 1. The number of amides is 1. The second kappa shape index (κ2) is 6.55. The lowest BCUT2D eigenvalue weighted by Crippen LogP contribution is -2.44. The van der Waals surface area contributed by atoms with Gasteiger partial charge < -0.3 is 10.4 Å². The summed E-state index contributed by atoms with van der Waals surface area (Å²) in [5, 5.41) is 11.8. The minimum atomic E-state index is -0.334. The molecule has 0 saturated heterocycles. The molecule has 0 spiro atoms. The molecule has 0 unspecified atom stereocenters. The quantitative estimate of drug-likeness (QED) is 0.812. The van der Waals surface area contributed by atoms with Crippen LogP contribution in [0.25, 0.3) is 0 Å². The zero-order valence-electron chi connectivity index (χ0n) is 11.5. The highest BCUT2D eigenvalue weighted by Crippen LogP contribution is 2.09. The predicted molar refractivity (Wildman–Crippen MR) is 73.4 cm³/mol. The van der Waals surface area contributed by atoms with Gasteiger partial charge in [-0.25, -0.2) is 0 Å². The van der Waals surface area contributed by atoms with Crippen molar-refractivity contribution in [2.24, 2.45) is 0 Å². The molecule has 1 aromatic rings. The number of aliphatic hydroxyl groups is 1. The molecule has 1 aromatic carbocycles. The predicted octanol–water partition coefficient (Wildman–Crippen LogP) is 2.20. The number of hydrogen-bond acceptors (Lipinski definition) is 2. The standard InChI is InChI=1S/C15H23NO2/c1-12-4-6-13(7-5-12)8-9-14(18)16-15(2,3)10-11-17/h4-7,17H,8-11H2,1-3H3,(H,16,18). The average Bonchev–Trinajstić information content (AvgIpc) is 2.27. The lowest BCUT2D eigenvalue weighted by molar-refractivity contribution is -0.122. The van der Waals surface area contributed by atoms with Gasteiger partial charge in [-0.2, -0.15) is 0 Å². The van der Waals surface area contributed by atoms with Crippen molar-refractivity contribution in [2.75, 3.05) is 6.61 Å². The van der Waals surface area contributed by atoms with Gasteiger partial charge >= 0.3 is 0 Å². The molecule has 100 valence electrons. The maximum Gasteiger partial charge on any atom is 0.220 e. The van der Waals surface area contributed by atoms with Crippen LogP contribution in [0.3, 0.4) is 0 Å². The monoisotopic (exact) mass is 249 g/mol. The summed E-state index contributed by atoms with van der Waals surface area (Å²) in [4.78, 5) is 11.8. The van der Waals surface area contributed by atoms with Crippen molar-refractivity contribution in [3.8, 4) is 0 Å². The maximum atomic E-state index is 11.8. The van der Waals surface area contributed by atoms with Gasteiger partial charge in [0.05, 0.1) is 0 Å². The van der Waals surface area contributed by atoms with Crippen molar-refractivity contribution < 1.29 is 9.90 Å². The van der Waals surface area contributed by atoms with Crippen LogP contribution in [0, 0.1) is 6.92 Å². The van der Waals surface area contributed by atoms with E-state index in [0.717, 1.165) is 6.42 Å². The Morgan fingerprint density at radius 2 is 1.89 bits per heavy atom. The fraction of sp³-hybridized carbons (Fsp3) is 0.533. The van der Waals surface area contributed by atoms with Gasteiger partial charge in [0.15, 0.2) is 0 Å². The molecule has 0 aliphatic carbocycles. The van der Waals surface area contributed by atoms with E-state index in [-0.39, 0.29) is 18.1 Å². The van der Waals surface area contributed by atoms with Gasteiger partial charge in [-0.1, -0.05) is 29.8 Å². The summed E-state index contributed by atoms with van der Waals surface area (Å²) in [5.74, 6) is 0.0361. The van der Waals surface area contributed by atoms with E-state index in [1.165, 1.54) is 11.1 Å². The van der Waals surface area contributed by atoms with Gasteiger partial charge in [0.25, 0.3) is 0 Å². The third-order valence-electron chi connectivity index (χ3n) is 2.98. The SMILES string of the molecule is Cc1ccc(CCC(=O)NC(C)(C)CCO)cc1. The van der Waals surface area contributed by atoms with E-state index in [9.17, 15) is 4.79 Å². The lowest BCUT2D eigenvalue weighted by Gasteiger charge is -2.25. The fourth-order valence-electron chi connectivity index (χ4n) is 1.79. The van der Waals surface area contributed by atoms with Crippen LogP contribution >= 0.6 is 0 Å². The highest BCUT2D eigenvalue weighted by atomic mass is 16.3. The number of aryl methyl sites for hydroxylation is 2. The van der Waals surface area contributed by atoms with Crippen LogP contribution in [0.15, 0.2) is 24.3 Å². The van der Waals surface area contributed by atoms with Crippen LogP contribution in [-0.4, -0.2) is 23.2 Å². The zero-order chi connectivity index (χ0) is 13.6. The molecule has 0 saturated carbocycles. The summed E-state index contributed by atoms with van der Waals surface area (Å²) in [7, 11) is 0. The Bertz CT molecular complexity index is 382. The molecule has 1 rings (SSSR count). The summed E-state index contributed by atoms with van der Waals surface area (Å²) in [6.45, 7) is 5.99. The Balaban J connectivity index is 2.39. The summed E-state index contributed by atoms with van der Waals surface area (Å²) in [5.41, 5.74) is 2.07. The molecular formula is C15H23NO2. The molecule has 2 N–H and O–H groups in total. The number of benzene rings is 1. The number of carbonyl (C=O) groups is 1. The van der Waals surface area contributed by atoms with E-state index in [0.29, 0.717) is 12.8 Å². The minimum absolute atomic E-state index is 0.0361. The van der Waals surface area contributed by atoms with Gasteiger partial charge in [0.2, 0.25) is 5.91 Å². The first-order chi connectivity index (χ1) is 8.43. The van der Waals surface area contributed by atoms with Crippen LogP contribution < -0.4 is 5.32 Å². The number of hydrogen-bond donors (Lipinski definition) is 2. The second-order valence-electron chi connectivity index (χ2n) is 5.39. The van der Waals surface area contributed by atoms with Gasteiger partial charge in [-0.05, 0) is 39.2 Å². The van der Waals surface area contributed by atoms with Crippen molar-refractivity contribution in [3.05, 3.63) is 35.4 Å². The molecule has 0 atom stereocenters. The first kappa shape index (κ1) is 14.7. The minimum Gasteiger partial charge on any atom is -0.396 e. The Morgan fingerprint density at radius 1 is 1.28 bits per heavy atom. The molecule has 0 aliphatic rings. The fourth-order valence-corrected chi connectivity index (χ4v) is 1.79. The topological polar surface area (TPSA) is 49.3 Å². The Hall–Kier alpha value is -1.35. The summed E-state index contributed by atoms with van der Waals surface area (Å²) in [6.07, 6.45) is 1.81. The van der Waals surface area contributed by atoms with Crippen molar-refractivity contribution in [1.82, 2.24) is 5.32 Å². The first-order valence-corrected chi connectivity index (χ1v) is 6.40. The van der Waals surface area contributed by atoms with E-state index in [1.54, 1.807) is 0 Å². The van der Waals surface area contributed by atoms with Crippen molar-refractivity contribution >= 4 is 5.91 Å². The van der Waals surface area contributed by atoms with Crippen LogP contribution in [0.2, 0.25) is 0 Å². The molecule has 18 heavy (non-hydrogen) atoms. The van der Waals surface area contributed by atoms with Crippen LogP contribution in [-0.2, 0) is 11.2 Å². The normalized spacial score (nSPS) is 11.3. The smallest absolute Gasteiger partial charge is 0.220 e. The molecule has 1 amide bonds. The molecule has 3 heteroatoms. The average molecular weight is 249 g/mol. The molecule has 3 nitrogen and oxygen atoms in total. The van der Waals surface area contributed by atoms with E-state index < -0.39 is 0 Å². The number of carbonyl (C=O) groups excluding carboxylic acids is 1. The lowest BCUT2D eigenvalue weighted by atomic mass is 10.0.